The van der Waals surface area contributed by atoms with Gasteiger partial charge in [-0.15, -0.1) is 0 Å². The molecule has 0 amide bonds. The van der Waals surface area contributed by atoms with Crippen LogP contribution in [-0.4, -0.2) is 36.7 Å². The molecule has 0 saturated carbocycles. The summed E-state index contributed by atoms with van der Waals surface area (Å²) in [5.41, 5.74) is 4.88. The van der Waals surface area contributed by atoms with Crippen molar-refractivity contribution in [2.75, 3.05) is 13.2 Å². The molecule has 44 heavy (non-hydrogen) atoms. The molecule has 0 aliphatic heterocycles. The van der Waals surface area contributed by atoms with Crippen molar-refractivity contribution < 1.29 is 28.7 Å². The molecule has 0 saturated heterocycles. The summed E-state index contributed by atoms with van der Waals surface area (Å²) in [7, 11) is 0. The summed E-state index contributed by atoms with van der Waals surface area (Å²) >= 11 is 12.2. The number of esters is 2. The molecule has 0 bridgehead atoms. The molecule has 4 atom stereocenters. The largest absolute Gasteiger partial charge is 0.465 e. The number of hydrogen-bond donors (Lipinski definition) is 0. The summed E-state index contributed by atoms with van der Waals surface area (Å²) in [6.45, 7) is 3.75. The van der Waals surface area contributed by atoms with Crippen molar-refractivity contribution >= 4 is 57.9 Å². The standard InChI is InChI=1S/C36H32Cl2O6/c1-3-43-35(41)33-29(17-25(19-31(33)39)21-9-13-27(37)14-10-21)23-5-7-24(8-6-23)30-18-26(22-11-15-28(38)16-12-22)20-32(40)34(30)36(42)44-4-2/h5-16,19-20,29-30,33-34H,3-4,17-18H2,1-2H3. The molecule has 0 heterocycles. The fraction of sp³-hybridized carbons (Fsp3) is 0.278. The van der Waals surface area contributed by atoms with Crippen molar-refractivity contribution in [1.29, 1.82) is 0 Å². The molecule has 8 heteroatoms. The number of halogens is 2. The highest BCUT2D eigenvalue weighted by atomic mass is 35.5. The van der Waals surface area contributed by atoms with Crippen LogP contribution in [0, 0.1) is 11.8 Å². The van der Waals surface area contributed by atoms with E-state index in [9.17, 15) is 19.2 Å². The first-order valence-corrected chi connectivity index (χ1v) is 15.4. The van der Waals surface area contributed by atoms with Gasteiger partial charge in [0.05, 0.1) is 13.2 Å². The number of benzene rings is 3. The van der Waals surface area contributed by atoms with Crippen LogP contribution >= 0.6 is 23.2 Å². The maximum atomic E-state index is 13.4. The van der Waals surface area contributed by atoms with Crippen LogP contribution < -0.4 is 0 Å². The molecule has 0 fully saturated rings. The number of carbonyl (C=O) groups is 4. The van der Waals surface area contributed by atoms with E-state index in [2.05, 4.69) is 0 Å². The SMILES string of the molecule is CCOC(=O)C1C(=O)C=C(c2ccc(Cl)cc2)CC1c1ccc(C2CC(c3ccc(Cl)cc3)=CC(=O)C2C(=O)OCC)cc1. The van der Waals surface area contributed by atoms with Crippen LogP contribution in [0.2, 0.25) is 10.0 Å². The monoisotopic (exact) mass is 630 g/mol. The van der Waals surface area contributed by atoms with E-state index in [1.807, 2.05) is 48.5 Å². The topological polar surface area (TPSA) is 86.7 Å². The van der Waals surface area contributed by atoms with Crippen molar-refractivity contribution in [3.05, 3.63) is 117 Å². The number of ether oxygens (including phenoxy) is 2. The lowest BCUT2D eigenvalue weighted by atomic mass is 9.71. The molecule has 4 unspecified atom stereocenters. The van der Waals surface area contributed by atoms with Gasteiger partial charge in [0.15, 0.2) is 11.6 Å². The van der Waals surface area contributed by atoms with Crippen molar-refractivity contribution in [1.82, 2.24) is 0 Å². The van der Waals surface area contributed by atoms with Gasteiger partial charge in [0, 0.05) is 21.9 Å². The summed E-state index contributed by atoms with van der Waals surface area (Å²) < 4.78 is 10.6. The normalized spacial score (nSPS) is 21.7. The zero-order chi connectivity index (χ0) is 31.4. The molecule has 5 rings (SSSR count). The Morgan fingerprint density at radius 1 is 0.614 bits per heavy atom. The lowest BCUT2D eigenvalue weighted by Crippen LogP contribution is -2.34. The van der Waals surface area contributed by atoms with E-state index < -0.39 is 35.6 Å². The first-order chi connectivity index (χ1) is 21.2. The lowest BCUT2D eigenvalue weighted by molar-refractivity contribution is -0.153. The Kier molecular flexibility index (Phi) is 9.82. The van der Waals surface area contributed by atoms with Crippen molar-refractivity contribution in [2.24, 2.45) is 11.8 Å². The van der Waals surface area contributed by atoms with Gasteiger partial charge in [0.2, 0.25) is 0 Å². The fourth-order valence-corrected chi connectivity index (χ4v) is 6.37. The Balaban J connectivity index is 1.49. The van der Waals surface area contributed by atoms with Crippen molar-refractivity contribution in [3.63, 3.8) is 0 Å². The Labute approximate surface area is 266 Å². The van der Waals surface area contributed by atoms with E-state index in [1.54, 1.807) is 38.1 Å². The number of carbonyl (C=O) groups excluding carboxylic acids is 4. The predicted octanol–water partition coefficient (Wildman–Crippen LogP) is 7.63. The minimum Gasteiger partial charge on any atom is -0.465 e. The quantitative estimate of drug-likeness (QED) is 0.188. The van der Waals surface area contributed by atoms with E-state index in [0.717, 1.165) is 33.4 Å². The highest BCUT2D eigenvalue weighted by molar-refractivity contribution is 6.31. The van der Waals surface area contributed by atoms with Gasteiger partial charge in [-0.05, 0) is 96.5 Å². The molecule has 0 N–H and O–H groups in total. The molecule has 226 valence electrons. The average Bonchev–Trinajstić information content (AvgIpc) is 3.01. The highest BCUT2D eigenvalue weighted by Crippen LogP contribution is 2.43. The van der Waals surface area contributed by atoms with Crippen molar-refractivity contribution in [3.8, 4) is 0 Å². The van der Waals surface area contributed by atoms with Gasteiger partial charge in [0.25, 0.3) is 0 Å². The molecule has 0 spiro atoms. The predicted molar refractivity (Wildman–Crippen MR) is 170 cm³/mol. The maximum absolute atomic E-state index is 13.4. The summed E-state index contributed by atoms with van der Waals surface area (Å²) in [6, 6.07) is 22.0. The third-order valence-electron chi connectivity index (χ3n) is 8.23. The smallest absolute Gasteiger partial charge is 0.317 e. The number of ketones is 2. The summed E-state index contributed by atoms with van der Waals surface area (Å²) in [6.07, 6.45) is 3.93. The fourth-order valence-electron chi connectivity index (χ4n) is 6.11. The molecule has 3 aromatic rings. The second kappa shape index (κ2) is 13.7. The molecule has 2 aliphatic rings. The zero-order valence-corrected chi connectivity index (χ0v) is 25.9. The minimum absolute atomic E-state index is 0.163. The van der Waals surface area contributed by atoms with Crippen LogP contribution in [0.5, 0.6) is 0 Å². The summed E-state index contributed by atoms with van der Waals surface area (Å²) in [4.78, 5) is 52.7. The van der Waals surface area contributed by atoms with E-state index in [0.29, 0.717) is 22.9 Å². The van der Waals surface area contributed by atoms with Crippen LogP contribution in [0.25, 0.3) is 11.1 Å². The van der Waals surface area contributed by atoms with Gasteiger partial charge in [-0.25, -0.2) is 0 Å². The van der Waals surface area contributed by atoms with Gasteiger partial charge in [-0.1, -0.05) is 71.7 Å². The van der Waals surface area contributed by atoms with Crippen molar-refractivity contribution in [2.45, 2.75) is 38.5 Å². The van der Waals surface area contributed by atoms with Crippen LogP contribution in [0.3, 0.4) is 0 Å². The second-order valence-electron chi connectivity index (χ2n) is 10.9. The van der Waals surface area contributed by atoms with Gasteiger partial charge >= 0.3 is 11.9 Å². The molecule has 6 nitrogen and oxygen atoms in total. The molecule has 3 aromatic carbocycles. The first kappa shape index (κ1) is 31.4. The molecule has 2 aliphatic carbocycles. The third-order valence-corrected chi connectivity index (χ3v) is 8.74. The first-order valence-electron chi connectivity index (χ1n) is 14.6. The van der Waals surface area contributed by atoms with E-state index in [1.165, 1.54) is 12.2 Å². The Morgan fingerprint density at radius 2 is 0.955 bits per heavy atom. The Bertz CT molecular complexity index is 1500. The number of rotatable bonds is 8. The third kappa shape index (κ3) is 6.72. The van der Waals surface area contributed by atoms with Gasteiger partial charge in [-0.3, -0.25) is 19.2 Å². The Morgan fingerprint density at radius 3 is 1.27 bits per heavy atom. The zero-order valence-electron chi connectivity index (χ0n) is 24.4. The minimum atomic E-state index is -0.986. The van der Waals surface area contributed by atoms with Crippen LogP contribution in [0.15, 0.2) is 84.9 Å². The molecule has 0 aromatic heterocycles. The summed E-state index contributed by atoms with van der Waals surface area (Å²) in [5, 5.41) is 1.17. The van der Waals surface area contributed by atoms with Gasteiger partial charge < -0.3 is 9.47 Å². The summed E-state index contributed by atoms with van der Waals surface area (Å²) in [5.74, 6) is -4.65. The van der Waals surface area contributed by atoms with Gasteiger partial charge in [0.1, 0.15) is 11.8 Å². The molecular weight excluding hydrogens is 599 g/mol. The van der Waals surface area contributed by atoms with E-state index in [4.69, 9.17) is 32.7 Å². The Hall–Kier alpha value is -4.00. The van der Waals surface area contributed by atoms with Crippen LogP contribution in [0.1, 0.15) is 60.8 Å². The number of hydrogen-bond acceptors (Lipinski definition) is 6. The van der Waals surface area contributed by atoms with Crippen LogP contribution in [-0.2, 0) is 28.7 Å². The van der Waals surface area contributed by atoms with E-state index in [-0.39, 0.29) is 24.8 Å². The second-order valence-corrected chi connectivity index (χ2v) is 11.8. The average molecular weight is 632 g/mol. The van der Waals surface area contributed by atoms with Gasteiger partial charge in [-0.2, -0.15) is 0 Å². The molecular formula is C36H32Cl2O6. The van der Waals surface area contributed by atoms with E-state index >= 15 is 0 Å². The highest BCUT2D eigenvalue weighted by Gasteiger charge is 2.42. The lowest BCUT2D eigenvalue weighted by Gasteiger charge is -2.31. The maximum Gasteiger partial charge on any atom is 0.317 e. The number of allylic oxidation sites excluding steroid dienone is 4. The molecule has 0 radical (unpaired) electrons. The van der Waals surface area contributed by atoms with Crippen LogP contribution in [0.4, 0.5) is 0 Å².